The summed E-state index contributed by atoms with van der Waals surface area (Å²) in [4.78, 5) is 28.9. The second-order valence-corrected chi connectivity index (χ2v) is 9.94. The van der Waals surface area contributed by atoms with Crippen molar-refractivity contribution in [1.82, 2.24) is 10.2 Å². The highest BCUT2D eigenvalue weighted by Gasteiger charge is 2.32. The van der Waals surface area contributed by atoms with Crippen molar-refractivity contribution in [1.29, 1.82) is 0 Å². The summed E-state index contributed by atoms with van der Waals surface area (Å²) in [6, 6.07) is 27.5. The van der Waals surface area contributed by atoms with Gasteiger partial charge in [0.15, 0.2) is 0 Å². The molecule has 3 rings (SSSR count). The molecule has 178 valence electrons. The van der Waals surface area contributed by atoms with Crippen LogP contribution in [-0.4, -0.2) is 28.3 Å². The summed E-state index contributed by atoms with van der Waals surface area (Å²) >= 11 is 0. The van der Waals surface area contributed by atoms with Crippen LogP contribution in [0.4, 0.5) is 0 Å². The Hall–Kier alpha value is -3.40. The van der Waals surface area contributed by atoms with Gasteiger partial charge in [-0.3, -0.25) is 9.59 Å². The van der Waals surface area contributed by atoms with E-state index in [1.807, 2.05) is 81.4 Å². The smallest absolute Gasteiger partial charge is 0.243 e. The molecule has 0 aliphatic heterocycles. The molecule has 0 saturated carbocycles. The van der Waals surface area contributed by atoms with E-state index < -0.39 is 11.6 Å². The molecule has 1 atom stereocenters. The third-order valence-electron chi connectivity index (χ3n) is 5.71. The largest absolute Gasteiger partial charge is 0.350 e. The third kappa shape index (κ3) is 7.87. The Morgan fingerprint density at radius 1 is 0.794 bits per heavy atom. The van der Waals surface area contributed by atoms with E-state index in [-0.39, 0.29) is 11.8 Å². The molecule has 0 saturated heterocycles. The van der Waals surface area contributed by atoms with Crippen molar-refractivity contribution >= 4 is 11.8 Å². The molecule has 34 heavy (non-hydrogen) atoms. The van der Waals surface area contributed by atoms with E-state index in [1.165, 1.54) is 5.56 Å². The third-order valence-corrected chi connectivity index (χ3v) is 5.71. The molecule has 0 aromatic heterocycles. The van der Waals surface area contributed by atoms with E-state index in [1.54, 1.807) is 4.90 Å². The first-order valence-electron chi connectivity index (χ1n) is 12.0. The van der Waals surface area contributed by atoms with E-state index in [2.05, 4.69) is 36.5 Å². The minimum Gasteiger partial charge on any atom is -0.350 e. The molecule has 0 radical (unpaired) electrons. The van der Waals surface area contributed by atoms with Crippen molar-refractivity contribution < 1.29 is 9.59 Å². The molecule has 0 heterocycles. The highest BCUT2D eigenvalue weighted by Crippen LogP contribution is 2.18. The second kappa shape index (κ2) is 11.6. The number of amides is 2. The first-order chi connectivity index (χ1) is 16.2. The van der Waals surface area contributed by atoms with Gasteiger partial charge in [-0.15, -0.1) is 0 Å². The number of hydrogen-bond donors (Lipinski definition) is 1. The Balaban J connectivity index is 1.89. The molecular weight excluding hydrogens is 420 g/mol. The monoisotopic (exact) mass is 456 g/mol. The first-order valence-corrected chi connectivity index (χ1v) is 12.0. The normalized spacial score (nSPS) is 12.1. The van der Waals surface area contributed by atoms with Crippen LogP contribution in [0.25, 0.3) is 0 Å². The van der Waals surface area contributed by atoms with Crippen molar-refractivity contribution in [2.45, 2.75) is 65.1 Å². The van der Waals surface area contributed by atoms with Crippen LogP contribution < -0.4 is 5.32 Å². The van der Waals surface area contributed by atoms with E-state index in [0.29, 0.717) is 25.8 Å². The van der Waals surface area contributed by atoms with Crippen LogP contribution in [0.5, 0.6) is 0 Å². The van der Waals surface area contributed by atoms with Crippen molar-refractivity contribution in [2.75, 3.05) is 0 Å². The molecule has 0 aliphatic carbocycles. The summed E-state index contributed by atoms with van der Waals surface area (Å²) in [6.07, 6.45) is 1.46. The number of carbonyl (C=O) groups is 2. The van der Waals surface area contributed by atoms with Crippen LogP contribution in [0.1, 0.15) is 49.4 Å². The van der Waals surface area contributed by atoms with Gasteiger partial charge in [-0.2, -0.15) is 0 Å². The van der Waals surface area contributed by atoms with Crippen LogP contribution in [0.3, 0.4) is 0 Å². The highest BCUT2D eigenvalue weighted by molar-refractivity contribution is 5.88. The molecule has 0 fully saturated rings. The summed E-state index contributed by atoms with van der Waals surface area (Å²) in [7, 11) is 0. The zero-order valence-electron chi connectivity index (χ0n) is 20.8. The number of carbonyl (C=O) groups excluding carboxylic acids is 2. The lowest BCUT2D eigenvalue weighted by Crippen LogP contribution is -2.54. The Bertz CT molecular complexity index is 1050. The number of hydrogen-bond acceptors (Lipinski definition) is 2. The topological polar surface area (TPSA) is 49.4 Å². The zero-order valence-corrected chi connectivity index (χ0v) is 20.8. The number of benzene rings is 3. The molecule has 0 unspecified atom stereocenters. The lowest BCUT2D eigenvalue weighted by Gasteiger charge is -2.34. The minimum absolute atomic E-state index is 0.0191. The molecular formula is C30H36N2O2. The SMILES string of the molecule is Cc1ccc(CCC(=O)N(Cc2ccccc2)[C@H](Cc2ccccc2)C(=O)NC(C)(C)C)cc1. The number of nitrogens with one attached hydrogen (secondary N) is 1. The first kappa shape index (κ1) is 25.2. The lowest BCUT2D eigenvalue weighted by molar-refractivity contribution is -0.141. The molecule has 0 aliphatic rings. The van der Waals surface area contributed by atoms with Gasteiger partial charge in [-0.1, -0.05) is 90.5 Å². The van der Waals surface area contributed by atoms with Gasteiger partial charge in [-0.25, -0.2) is 0 Å². The van der Waals surface area contributed by atoms with Gasteiger partial charge in [-0.05, 0) is 50.8 Å². The maximum absolute atomic E-state index is 13.6. The van der Waals surface area contributed by atoms with E-state index in [0.717, 1.165) is 16.7 Å². The van der Waals surface area contributed by atoms with E-state index >= 15 is 0 Å². The number of aryl methyl sites for hydroxylation is 2. The maximum Gasteiger partial charge on any atom is 0.243 e. The van der Waals surface area contributed by atoms with Gasteiger partial charge in [0.2, 0.25) is 11.8 Å². The Kier molecular flexibility index (Phi) is 8.64. The fraction of sp³-hybridized carbons (Fsp3) is 0.333. The molecule has 4 nitrogen and oxygen atoms in total. The average Bonchev–Trinajstić information content (AvgIpc) is 2.81. The second-order valence-electron chi connectivity index (χ2n) is 9.94. The van der Waals surface area contributed by atoms with Crippen LogP contribution in [0.2, 0.25) is 0 Å². The summed E-state index contributed by atoms with van der Waals surface area (Å²) < 4.78 is 0. The molecule has 3 aromatic rings. The molecule has 2 amide bonds. The van der Waals surface area contributed by atoms with E-state index in [9.17, 15) is 9.59 Å². The molecule has 1 N–H and O–H groups in total. The predicted octanol–water partition coefficient (Wildman–Crippen LogP) is 5.48. The van der Waals surface area contributed by atoms with Crippen molar-refractivity contribution in [3.8, 4) is 0 Å². The van der Waals surface area contributed by atoms with Crippen LogP contribution >= 0.6 is 0 Å². The molecule has 0 spiro atoms. The number of nitrogens with zero attached hydrogens (tertiary/aromatic N) is 1. The standard InChI is InChI=1S/C30H36N2O2/c1-23-15-17-24(18-16-23)19-20-28(33)32(22-26-13-9-6-10-14-26)27(29(34)31-30(2,3)4)21-25-11-7-5-8-12-25/h5-18,27H,19-22H2,1-4H3,(H,31,34)/t27-/m1/s1. The fourth-order valence-corrected chi connectivity index (χ4v) is 3.94. The summed E-state index contributed by atoms with van der Waals surface area (Å²) in [5.41, 5.74) is 3.96. The van der Waals surface area contributed by atoms with Gasteiger partial charge in [0.05, 0.1) is 0 Å². The number of rotatable bonds is 9. The molecule has 3 aromatic carbocycles. The average molecular weight is 457 g/mol. The van der Waals surface area contributed by atoms with Crippen molar-refractivity contribution in [2.24, 2.45) is 0 Å². The lowest BCUT2D eigenvalue weighted by atomic mass is 9.99. The van der Waals surface area contributed by atoms with Gasteiger partial charge in [0, 0.05) is 24.9 Å². The maximum atomic E-state index is 13.6. The highest BCUT2D eigenvalue weighted by atomic mass is 16.2. The Morgan fingerprint density at radius 3 is 1.91 bits per heavy atom. The summed E-state index contributed by atoms with van der Waals surface area (Å²) in [5, 5.41) is 3.11. The minimum atomic E-state index is -0.604. The Labute approximate surface area is 204 Å². The summed E-state index contributed by atoms with van der Waals surface area (Å²) in [5.74, 6) is -0.148. The molecule has 4 heteroatoms. The van der Waals surface area contributed by atoms with Crippen LogP contribution in [0.15, 0.2) is 84.9 Å². The molecule has 0 bridgehead atoms. The Morgan fingerprint density at radius 2 is 1.35 bits per heavy atom. The zero-order chi connectivity index (χ0) is 24.6. The van der Waals surface area contributed by atoms with Gasteiger partial charge < -0.3 is 10.2 Å². The van der Waals surface area contributed by atoms with Crippen molar-refractivity contribution in [3.63, 3.8) is 0 Å². The summed E-state index contributed by atoms with van der Waals surface area (Å²) in [6.45, 7) is 8.34. The predicted molar refractivity (Wildman–Crippen MR) is 138 cm³/mol. The van der Waals surface area contributed by atoms with E-state index in [4.69, 9.17) is 0 Å². The van der Waals surface area contributed by atoms with Crippen LogP contribution in [-0.2, 0) is 29.0 Å². The van der Waals surface area contributed by atoms with Crippen molar-refractivity contribution in [3.05, 3.63) is 107 Å². The van der Waals surface area contributed by atoms with Gasteiger partial charge in [0.25, 0.3) is 0 Å². The van der Waals surface area contributed by atoms with Crippen LogP contribution in [0, 0.1) is 6.92 Å². The quantitative estimate of drug-likeness (QED) is 0.463. The van der Waals surface area contributed by atoms with Gasteiger partial charge >= 0.3 is 0 Å². The van der Waals surface area contributed by atoms with Gasteiger partial charge in [0.1, 0.15) is 6.04 Å². The fourth-order valence-electron chi connectivity index (χ4n) is 3.94.